The minimum absolute atomic E-state index is 0.334. The van der Waals surface area contributed by atoms with Gasteiger partial charge in [-0.05, 0) is 19.4 Å². The normalized spacial score (nSPS) is 19.7. The second-order valence-electron chi connectivity index (χ2n) is 4.99. The van der Waals surface area contributed by atoms with Gasteiger partial charge in [-0.2, -0.15) is 5.10 Å². The van der Waals surface area contributed by atoms with Gasteiger partial charge >= 0.3 is 6.03 Å². The van der Waals surface area contributed by atoms with Gasteiger partial charge in [-0.25, -0.2) is 4.79 Å². The van der Waals surface area contributed by atoms with Crippen molar-refractivity contribution in [2.24, 2.45) is 5.73 Å². The van der Waals surface area contributed by atoms with Crippen molar-refractivity contribution in [3.8, 4) is 0 Å². The highest BCUT2D eigenvalue weighted by Crippen LogP contribution is 2.23. The van der Waals surface area contributed by atoms with Crippen molar-refractivity contribution >= 4 is 6.03 Å². The second-order valence-corrected chi connectivity index (χ2v) is 4.99. The maximum atomic E-state index is 11.3. The summed E-state index contributed by atoms with van der Waals surface area (Å²) < 4.78 is 2.11. The average molecular weight is 249 g/mol. The Morgan fingerprint density at radius 3 is 3.06 bits per heavy atom. The van der Waals surface area contributed by atoms with Crippen molar-refractivity contribution in [2.45, 2.75) is 38.9 Å². The number of carbonyl (C=O) groups is 1. The van der Waals surface area contributed by atoms with E-state index in [-0.39, 0.29) is 6.03 Å². The monoisotopic (exact) mass is 249 g/mol. The minimum Gasteiger partial charge on any atom is -0.351 e. The summed E-state index contributed by atoms with van der Waals surface area (Å²) >= 11 is 0. The number of aromatic nitrogens is 2. The Morgan fingerprint density at radius 2 is 2.22 bits per heavy atom. The summed E-state index contributed by atoms with van der Waals surface area (Å²) in [7, 11) is 0. The van der Waals surface area contributed by atoms with Crippen LogP contribution in [0.15, 0.2) is 0 Å². The molecule has 0 saturated heterocycles. The molecule has 2 aliphatic heterocycles. The van der Waals surface area contributed by atoms with E-state index in [0.29, 0.717) is 13.1 Å². The van der Waals surface area contributed by atoms with E-state index >= 15 is 0 Å². The third kappa shape index (κ3) is 1.96. The largest absolute Gasteiger partial charge is 0.351 e. The third-order valence-electron chi connectivity index (χ3n) is 3.79. The summed E-state index contributed by atoms with van der Waals surface area (Å²) in [5.41, 5.74) is 8.95. The Hall–Kier alpha value is -1.56. The molecule has 1 aromatic heterocycles. The first-order valence-corrected chi connectivity index (χ1v) is 6.58. The predicted octanol–water partition coefficient (Wildman–Crippen LogP) is 0.203. The molecule has 0 radical (unpaired) electrons. The molecule has 3 N–H and O–H groups in total. The number of nitrogens with zero attached hydrogens (tertiary/aromatic N) is 3. The maximum Gasteiger partial charge on any atom is 0.315 e. The lowest BCUT2D eigenvalue weighted by molar-refractivity contribution is 0.202. The van der Waals surface area contributed by atoms with Gasteiger partial charge in [0, 0.05) is 31.6 Å². The van der Waals surface area contributed by atoms with Crippen LogP contribution >= 0.6 is 0 Å². The second kappa shape index (κ2) is 4.61. The van der Waals surface area contributed by atoms with Gasteiger partial charge in [-0.15, -0.1) is 0 Å². The Bertz CT molecular complexity index is 467. The summed E-state index contributed by atoms with van der Waals surface area (Å²) in [6.45, 7) is 4.18. The predicted molar refractivity (Wildman–Crippen MR) is 66.9 cm³/mol. The molecule has 2 amide bonds. The molecular weight excluding hydrogens is 230 g/mol. The van der Waals surface area contributed by atoms with Gasteiger partial charge in [-0.1, -0.05) is 0 Å². The first-order valence-electron chi connectivity index (χ1n) is 6.58. The standard InChI is InChI=1S/C12H19N5O/c13-12(18)16-6-3-10-9(8-16)11-7-14-4-1-2-5-17(11)15-10/h14H,1-8H2,(H2,13,18). The number of urea groups is 1. The van der Waals surface area contributed by atoms with Crippen molar-refractivity contribution in [1.29, 1.82) is 0 Å². The summed E-state index contributed by atoms with van der Waals surface area (Å²) in [6.07, 6.45) is 3.16. The highest BCUT2D eigenvalue weighted by molar-refractivity contribution is 5.72. The average Bonchev–Trinajstić information content (AvgIpc) is 2.65. The zero-order valence-corrected chi connectivity index (χ0v) is 10.5. The van der Waals surface area contributed by atoms with Crippen molar-refractivity contribution < 1.29 is 4.79 Å². The fourth-order valence-corrected chi connectivity index (χ4v) is 2.77. The number of primary amides is 1. The van der Waals surface area contributed by atoms with E-state index in [4.69, 9.17) is 5.73 Å². The van der Waals surface area contributed by atoms with Gasteiger partial charge in [0.15, 0.2) is 0 Å². The van der Waals surface area contributed by atoms with Crippen LogP contribution in [0.2, 0.25) is 0 Å². The van der Waals surface area contributed by atoms with Crippen molar-refractivity contribution in [3.63, 3.8) is 0 Å². The van der Waals surface area contributed by atoms with Crippen LogP contribution in [0, 0.1) is 0 Å². The number of amides is 2. The fourth-order valence-electron chi connectivity index (χ4n) is 2.77. The van der Waals surface area contributed by atoms with Gasteiger partial charge in [0.2, 0.25) is 0 Å². The molecule has 2 aliphatic rings. The van der Waals surface area contributed by atoms with Crippen LogP contribution in [-0.2, 0) is 26.1 Å². The molecule has 3 rings (SSSR count). The molecule has 0 atom stereocenters. The van der Waals surface area contributed by atoms with Gasteiger partial charge in [0.05, 0.1) is 17.9 Å². The highest BCUT2D eigenvalue weighted by atomic mass is 16.2. The zero-order chi connectivity index (χ0) is 12.5. The van der Waals surface area contributed by atoms with E-state index in [2.05, 4.69) is 15.1 Å². The molecule has 0 unspecified atom stereocenters. The fraction of sp³-hybridized carbons (Fsp3) is 0.667. The first kappa shape index (κ1) is 11.5. The quantitative estimate of drug-likeness (QED) is 0.690. The van der Waals surface area contributed by atoms with Crippen LogP contribution in [0.25, 0.3) is 0 Å². The molecule has 1 aromatic rings. The molecule has 3 heterocycles. The molecule has 98 valence electrons. The molecule has 6 nitrogen and oxygen atoms in total. The lowest BCUT2D eigenvalue weighted by Crippen LogP contribution is -2.39. The van der Waals surface area contributed by atoms with Crippen LogP contribution < -0.4 is 11.1 Å². The summed E-state index contributed by atoms with van der Waals surface area (Å²) in [6, 6.07) is -0.334. The molecule has 0 aromatic carbocycles. The van der Waals surface area contributed by atoms with Crippen LogP contribution in [0.1, 0.15) is 29.8 Å². The van der Waals surface area contributed by atoms with E-state index in [9.17, 15) is 4.79 Å². The first-order chi connectivity index (χ1) is 8.75. The number of nitrogens with one attached hydrogen (secondary N) is 1. The Kier molecular flexibility index (Phi) is 2.95. The molecular formula is C12H19N5O. The van der Waals surface area contributed by atoms with Crippen LogP contribution in [0.3, 0.4) is 0 Å². The van der Waals surface area contributed by atoms with Gasteiger partial charge in [0.25, 0.3) is 0 Å². The molecule has 0 saturated carbocycles. The molecule has 0 bridgehead atoms. The van der Waals surface area contributed by atoms with Crippen LogP contribution in [0.4, 0.5) is 4.79 Å². The summed E-state index contributed by atoms with van der Waals surface area (Å²) in [4.78, 5) is 13.0. The van der Waals surface area contributed by atoms with E-state index in [1.807, 2.05) is 0 Å². The lowest BCUT2D eigenvalue weighted by Gasteiger charge is -2.25. The van der Waals surface area contributed by atoms with Gasteiger partial charge in [-0.3, -0.25) is 4.68 Å². The SMILES string of the molecule is NC(=O)N1CCc2nn3c(c2C1)CNCCCC3. The minimum atomic E-state index is -0.334. The van der Waals surface area contributed by atoms with Crippen LogP contribution in [-0.4, -0.2) is 33.8 Å². The Morgan fingerprint density at radius 1 is 1.33 bits per heavy atom. The van der Waals surface area contributed by atoms with E-state index in [1.165, 1.54) is 17.7 Å². The van der Waals surface area contributed by atoms with E-state index < -0.39 is 0 Å². The Balaban J connectivity index is 1.92. The molecule has 6 heteroatoms. The van der Waals surface area contributed by atoms with Crippen molar-refractivity contribution in [2.75, 3.05) is 13.1 Å². The van der Waals surface area contributed by atoms with Gasteiger partial charge in [0.1, 0.15) is 0 Å². The number of rotatable bonds is 0. The number of aryl methyl sites for hydroxylation is 1. The molecule has 18 heavy (non-hydrogen) atoms. The number of nitrogens with two attached hydrogens (primary N) is 1. The van der Waals surface area contributed by atoms with E-state index in [1.54, 1.807) is 4.90 Å². The van der Waals surface area contributed by atoms with Crippen LogP contribution in [0.5, 0.6) is 0 Å². The zero-order valence-electron chi connectivity index (χ0n) is 10.5. The lowest BCUT2D eigenvalue weighted by atomic mass is 10.1. The summed E-state index contributed by atoms with van der Waals surface area (Å²) in [5, 5.41) is 8.11. The smallest absolute Gasteiger partial charge is 0.315 e. The number of carbonyl (C=O) groups excluding carboxylic acids is 1. The number of fused-ring (bicyclic) bond motifs is 3. The van der Waals surface area contributed by atoms with E-state index in [0.717, 1.165) is 38.2 Å². The third-order valence-corrected chi connectivity index (χ3v) is 3.79. The Labute approximate surface area is 106 Å². The molecule has 0 spiro atoms. The highest BCUT2D eigenvalue weighted by Gasteiger charge is 2.26. The van der Waals surface area contributed by atoms with Gasteiger partial charge < -0.3 is 16.0 Å². The molecule has 0 fully saturated rings. The topological polar surface area (TPSA) is 76.2 Å². The maximum absolute atomic E-state index is 11.3. The van der Waals surface area contributed by atoms with Crippen molar-refractivity contribution in [1.82, 2.24) is 20.0 Å². The van der Waals surface area contributed by atoms with Crippen molar-refractivity contribution in [3.05, 3.63) is 17.0 Å². The number of hydrogen-bond acceptors (Lipinski definition) is 3. The molecule has 0 aliphatic carbocycles. The number of hydrogen-bond donors (Lipinski definition) is 2. The summed E-state index contributed by atoms with van der Waals surface area (Å²) in [5.74, 6) is 0.